The Hall–Kier alpha value is -1.88. The Morgan fingerprint density at radius 2 is 2.18 bits per heavy atom. The molecule has 1 heterocycles. The highest BCUT2D eigenvalue weighted by molar-refractivity contribution is 5.33. The van der Waals surface area contributed by atoms with E-state index in [0.29, 0.717) is 18.3 Å². The molecule has 0 bridgehead atoms. The summed E-state index contributed by atoms with van der Waals surface area (Å²) in [5.41, 5.74) is 6.63. The molecule has 90 valence electrons. The third kappa shape index (κ3) is 3.04. The number of aromatic nitrogens is 2. The lowest BCUT2D eigenvalue weighted by molar-refractivity contribution is 0.241. The Kier molecular flexibility index (Phi) is 3.72. The van der Waals surface area contributed by atoms with Crippen molar-refractivity contribution in [3.8, 4) is 5.75 Å². The maximum absolute atomic E-state index is 5.64. The Labute approximate surface area is 99.6 Å². The van der Waals surface area contributed by atoms with E-state index >= 15 is 0 Å². The summed E-state index contributed by atoms with van der Waals surface area (Å²) in [6, 6.07) is 7.80. The van der Waals surface area contributed by atoms with Crippen molar-refractivity contribution >= 4 is 0 Å². The van der Waals surface area contributed by atoms with Gasteiger partial charge in [0.25, 0.3) is 5.89 Å². The van der Waals surface area contributed by atoms with E-state index in [4.69, 9.17) is 15.0 Å². The molecule has 2 rings (SSSR count). The van der Waals surface area contributed by atoms with Crippen LogP contribution in [0.5, 0.6) is 5.75 Å². The summed E-state index contributed by atoms with van der Waals surface area (Å²) in [4.78, 5) is 4.07. The van der Waals surface area contributed by atoms with Gasteiger partial charge in [-0.3, -0.25) is 0 Å². The molecule has 0 saturated heterocycles. The number of ether oxygens (including phenoxy) is 1. The second kappa shape index (κ2) is 5.45. The summed E-state index contributed by atoms with van der Waals surface area (Å²) in [5.74, 6) is 1.90. The van der Waals surface area contributed by atoms with Gasteiger partial charge in [-0.05, 0) is 31.5 Å². The molecule has 0 unspecified atom stereocenters. The van der Waals surface area contributed by atoms with E-state index in [2.05, 4.69) is 10.1 Å². The van der Waals surface area contributed by atoms with Gasteiger partial charge < -0.3 is 15.0 Å². The van der Waals surface area contributed by atoms with E-state index in [1.165, 1.54) is 0 Å². The number of para-hydroxylation sites is 1. The van der Waals surface area contributed by atoms with Crippen LogP contribution in [0.1, 0.15) is 17.3 Å². The van der Waals surface area contributed by atoms with Gasteiger partial charge in [-0.15, -0.1) is 0 Å². The second-order valence-electron chi connectivity index (χ2n) is 3.67. The standard InChI is InChI=1S/C12H15N3O2/c1-9-14-12(17-15-9)8-16-11-5-3-2-4-10(11)6-7-13/h2-5H,6-8,13H2,1H3. The third-order valence-electron chi connectivity index (χ3n) is 2.31. The van der Waals surface area contributed by atoms with Crippen LogP contribution >= 0.6 is 0 Å². The summed E-state index contributed by atoms with van der Waals surface area (Å²) < 4.78 is 10.6. The first-order valence-corrected chi connectivity index (χ1v) is 5.49. The van der Waals surface area contributed by atoms with Crippen molar-refractivity contribution in [1.82, 2.24) is 10.1 Å². The first-order valence-electron chi connectivity index (χ1n) is 5.49. The van der Waals surface area contributed by atoms with Crippen LogP contribution in [-0.4, -0.2) is 16.7 Å². The summed E-state index contributed by atoms with van der Waals surface area (Å²) >= 11 is 0. The lowest BCUT2D eigenvalue weighted by atomic mass is 10.1. The summed E-state index contributed by atoms with van der Waals surface area (Å²) in [7, 11) is 0. The molecule has 17 heavy (non-hydrogen) atoms. The molecule has 0 aliphatic rings. The molecule has 1 aromatic heterocycles. The minimum atomic E-state index is 0.280. The molecule has 2 aromatic rings. The zero-order valence-corrected chi connectivity index (χ0v) is 9.72. The first kappa shape index (κ1) is 11.6. The molecule has 2 N–H and O–H groups in total. The molecule has 5 heteroatoms. The number of nitrogens with two attached hydrogens (primary N) is 1. The van der Waals surface area contributed by atoms with E-state index in [0.717, 1.165) is 17.7 Å². The molecule has 0 radical (unpaired) electrons. The van der Waals surface area contributed by atoms with Crippen LogP contribution in [0.15, 0.2) is 28.8 Å². The van der Waals surface area contributed by atoms with Crippen LogP contribution in [-0.2, 0) is 13.0 Å². The van der Waals surface area contributed by atoms with Crippen LogP contribution in [0.4, 0.5) is 0 Å². The van der Waals surface area contributed by atoms with Crippen LogP contribution in [0.3, 0.4) is 0 Å². The fraction of sp³-hybridized carbons (Fsp3) is 0.333. The van der Waals surface area contributed by atoms with Crippen LogP contribution < -0.4 is 10.5 Å². The lowest BCUT2D eigenvalue weighted by Crippen LogP contribution is -2.05. The molecule has 0 saturated carbocycles. The summed E-state index contributed by atoms with van der Waals surface area (Å²) in [6.45, 7) is 2.65. The number of hydrogen-bond donors (Lipinski definition) is 1. The van der Waals surface area contributed by atoms with E-state index in [1.54, 1.807) is 6.92 Å². The summed E-state index contributed by atoms with van der Waals surface area (Å²) in [6.07, 6.45) is 0.791. The van der Waals surface area contributed by atoms with Gasteiger partial charge in [0.15, 0.2) is 12.4 Å². The van der Waals surface area contributed by atoms with Crippen LogP contribution in [0, 0.1) is 6.92 Å². The van der Waals surface area contributed by atoms with Crippen molar-refractivity contribution in [3.05, 3.63) is 41.5 Å². The zero-order valence-electron chi connectivity index (χ0n) is 9.72. The van der Waals surface area contributed by atoms with E-state index in [1.807, 2.05) is 24.3 Å². The van der Waals surface area contributed by atoms with Crippen molar-refractivity contribution in [2.75, 3.05) is 6.54 Å². The summed E-state index contributed by atoms with van der Waals surface area (Å²) in [5, 5.41) is 3.70. The number of rotatable bonds is 5. The maximum Gasteiger partial charge on any atom is 0.264 e. The molecular formula is C12H15N3O2. The fourth-order valence-electron chi connectivity index (χ4n) is 1.54. The lowest BCUT2D eigenvalue weighted by Gasteiger charge is -2.08. The van der Waals surface area contributed by atoms with Gasteiger partial charge in [0.05, 0.1) is 0 Å². The first-order chi connectivity index (χ1) is 8.29. The van der Waals surface area contributed by atoms with Crippen molar-refractivity contribution in [2.45, 2.75) is 20.0 Å². The molecule has 0 aliphatic heterocycles. The van der Waals surface area contributed by atoms with Gasteiger partial charge in [-0.2, -0.15) is 4.98 Å². The molecule has 0 fully saturated rings. The fourth-order valence-corrected chi connectivity index (χ4v) is 1.54. The van der Waals surface area contributed by atoms with Crippen LogP contribution in [0.2, 0.25) is 0 Å². The highest BCUT2D eigenvalue weighted by atomic mass is 16.5. The number of benzene rings is 1. The maximum atomic E-state index is 5.64. The van der Waals surface area contributed by atoms with E-state index < -0.39 is 0 Å². The minimum absolute atomic E-state index is 0.280. The third-order valence-corrected chi connectivity index (χ3v) is 2.31. The topological polar surface area (TPSA) is 74.2 Å². The van der Waals surface area contributed by atoms with Gasteiger partial charge in [0.2, 0.25) is 0 Å². The minimum Gasteiger partial charge on any atom is -0.483 e. The molecule has 0 spiro atoms. The van der Waals surface area contributed by atoms with Gasteiger partial charge in [0.1, 0.15) is 5.75 Å². The predicted octanol–water partition coefficient (Wildman–Crippen LogP) is 1.46. The van der Waals surface area contributed by atoms with Gasteiger partial charge in [-0.1, -0.05) is 23.4 Å². The van der Waals surface area contributed by atoms with Crippen molar-refractivity contribution < 1.29 is 9.26 Å². The quantitative estimate of drug-likeness (QED) is 0.846. The molecule has 1 aromatic carbocycles. The number of nitrogens with zero attached hydrogens (tertiary/aromatic N) is 2. The second-order valence-corrected chi connectivity index (χ2v) is 3.67. The van der Waals surface area contributed by atoms with Crippen molar-refractivity contribution in [3.63, 3.8) is 0 Å². The molecular weight excluding hydrogens is 218 g/mol. The average molecular weight is 233 g/mol. The Morgan fingerprint density at radius 3 is 2.88 bits per heavy atom. The number of aryl methyl sites for hydroxylation is 1. The van der Waals surface area contributed by atoms with E-state index in [-0.39, 0.29) is 6.61 Å². The average Bonchev–Trinajstić information content (AvgIpc) is 2.74. The van der Waals surface area contributed by atoms with Gasteiger partial charge >= 0.3 is 0 Å². The van der Waals surface area contributed by atoms with E-state index in [9.17, 15) is 0 Å². The zero-order chi connectivity index (χ0) is 12.1. The normalized spacial score (nSPS) is 10.5. The highest BCUT2D eigenvalue weighted by Crippen LogP contribution is 2.19. The Balaban J connectivity index is 2.03. The van der Waals surface area contributed by atoms with Gasteiger partial charge in [0, 0.05) is 0 Å². The molecule has 0 amide bonds. The molecule has 0 aliphatic carbocycles. The Bertz CT molecular complexity index is 482. The largest absolute Gasteiger partial charge is 0.483 e. The SMILES string of the molecule is Cc1noc(COc2ccccc2CCN)n1. The highest BCUT2D eigenvalue weighted by Gasteiger charge is 2.06. The monoisotopic (exact) mass is 233 g/mol. The smallest absolute Gasteiger partial charge is 0.264 e. The number of hydrogen-bond acceptors (Lipinski definition) is 5. The Morgan fingerprint density at radius 1 is 1.35 bits per heavy atom. The molecule has 5 nitrogen and oxygen atoms in total. The van der Waals surface area contributed by atoms with Crippen molar-refractivity contribution in [1.29, 1.82) is 0 Å². The van der Waals surface area contributed by atoms with Crippen molar-refractivity contribution in [2.24, 2.45) is 5.73 Å². The van der Waals surface area contributed by atoms with Crippen LogP contribution in [0.25, 0.3) is 0 Å². The molecule has 0 atom stereocenters. The predicted molar refractivity (Wildman–Crippen MR) is 62.6 cm³/mol. The van der Waals surface area contributed by atoms with Gasteiger partial charge in [-0.25, -0.2) is 0 Å².